The highest BCUT2D eigenvalue weighted by molar-refractivity contribution is 7.93. The topological polar surface area (TPSA) is 92.3 Å². The van der Waals surface area contributed by atoms with Crippen molar-refractivity contribution in [3.8, 4) is 0 Å². The van der Waals surface area contributed by atoms with Crippen molar-refractivity contribution in [2.24, 2.45) is 0 Å². The quantitative estimate of drug-likeness (QED) is 0.708. The van der Waals surface area contributed by atoms with E-state index in [0.29, 0.717) is 18.0 Å². The van der Waals surface area contributed by atoms with Crippen molar-refractivity contribution in [1.82, 2.24) is 10.2 Å². The third kappa shape index (κ3) is 4.65. The minimum absolute atomic E-state index is 0.113. The van der Waals surface area contributed by atoms with E-state index in [1.807, 2.05) is 0 Å². The highest BCUT2D eigenvalue weighted by Crippen LogP contribution is 2.31. The predicted octanol–water partition coefficient (Wildman–Crippen LogP) is 3.51. The fraction of sp³-hybridized carbons (Fsp3) is 0.500. The van der Waals surface area contributed by atoms with E-state index in [0.717, 1.165) is 43.4 Å². The largest absolute Gasteiger partial charge is 0.312 e. The molecule has 0 bridgehead atoms. The van der Waals surface area contributed by atoms with Crippen LogP contribution < -0.4 is 9.62 Å². The Morgan fingerprint density at radius 1 is 1.30 bits per heavy atom. The number of anilines is 2. The number of nitrogens with zero attached hydrogens (tertiary/aromatic N) is 3. The van der Waals surface area contributed by atoms with Crippen molar-refractivity contribution in [1.29, 1.82) is 0 Å². The number of hydrogen-bond acceptors (Lipinski definition) is 6. The number of aryl methyl sites for hydroxylation is 2. The molecule has 0 saturated heterocycles. The summed E-state index contributed by atoms with van der Waals surface area (Å²) in [5.74, 6) is 0.113. The Morgan fingerprint density at radius 3 is 2.81 bits per heavy atom. The zero-order valence-electron chi connectivity index (χ0n) is 15.6. The Hall–Kier alpha value is -2.00. The van der Waals surface area contributed by atoms with E-state index < -0.39 is 10.0 Å². The lowest BCUT2D eigenvalue weighted by atomic mass is 10.0. The first kappa shape index (κ1) is 19.8. The van der Waals surface area contributed by atoms with E-state index in [9.17, 15) is 13.2 Å². The molecule has 0 radical (unpaired) electrons. The van der Waals surface area contributed by atoms with Crippen LogP contribution in [0.3, 0.4) is 0 Å². The second kappa shape index (κ2) is 8.35. The number of unbranched alkanes of at least 4 members (excludes halogenated alkanes) is 2. The number of fused-ring (bicyclic) bond motifs is 1. The summed E-state index contributed by atoms with van der Waals surface area (Å²) in [4.78, 5) is 14.5. The summed E-state index contributed by atoms with van der Waals surface area (Å²) in [6.45, 7) is 4.56. The van der Waals surface area contributed by atoms with Gasteiger partial charge in [-0.2, -0.15) is 0 Å². The van der Waals surface area contributed by atoms with Crippen LogP contribution in [0.5, 0.6) is 0 Å². The van der Waals surface area contributed by atoms with E-state index in [1.54, 1.807) is 30.0 Å². The van der Waals surface area contributed by atoms with Gasteiger partial charge in [0.1, 0.15) is 5.01 Å². The summed E-state index contributed by atoms with van der Waals surface area (Å²) >= 11 is 1.19. The van der Waals surface area contributed by atoms with Gasteiger partial charge in [0.2, 0.25) is 11.0 Å². The second-order valence-electron chi connectivity index (χ2n) is 6.63. The zero-order chi connectivity index (χ0) is 19.4. The van der Waals surface area contributed by atoms with Gasteiger partial charge in [0.25, 0.3) is 10.0 Å². The van der Waals surface area contributed by atoms with E-state index in [1.165, 1.54) is 11.3 Å². The fourth-order valence-corrected chi connectivity index (χ4v) is 5.04. The normalized spacial score (nSPS) is 14.1. The van der Waals surface area contributed by atoms with Crippen LogP contribution in [-0.2, 0) is 21.2 Å². The minimum atomic E-state index is -3.73. The number of carbonyl (C=O) groups is 1. The van der Waals surface area contributed by atoms with Gasteiger partial charge in [-0.05, 0) is 49.9 Å². The fourth-order valence-electron chi connectivity index (χ4n) is 3.17. The van der Waals surface area contributed by atoms with Crippen LogP contribution in [0, 0.1) is 6.92 Å². The lowest BCUT2D eigenvalue weighted by Crippen LogP contribution is -2.35. The maximum atomic E-state index is 12.6. The Kier molecular flexibility index (Phi) is 6.11. The average molecular weight is 409 g/mol. The Labute approximate surface area is 163 Å². The van der Waals surface area contributed by atoms with Gasteiger partial charge < -0.3 is 4.90 Å². The molecule has 0 unspecified atom stereocenters. The first-order chi connectivity index (χ1) is 12.9. The molecule has 1 amide bonds. The number of amides is 1. The van der Waals surface area contributed by atoms with Gasteiger partial charge in [-0.15, -0.1) is 10.2 Å². The molecule has 2 heterocycles. The summed E-state index contributed by atoms with van der Waals surface area (Å²) in [5.41, 5.74) is 1.72. The van der Waals surface area contributed by atoms with Crippen LogP contribution in [0.4, 0.5) is 10.8 Å². The Morgan fingerprint density at radius 2 is 2.11 bits per heavy atom. The van der Waals surface area contributed by atoms with Gasteiger partial charge in [0.05, 0.1) is 4.90 Å². The van der Waals surface area contributed by atoms with Gasteiger partial charge in [0.15, 0.2) is 0 Å². The molecule has 9 heteroatoms. The molecule has 1 aromatic carbocycles. The molecule has 2 aromatic rings. The Bertz CT molecular complexity index is 924. The molecule has 0 atom stereocenters. The van der Waals surface area contributed by atoms with Gasteiger partial charge in [-0.3, -0.25) is 9.52 Å². The number of nitrogens with one attached hydrogen (secondary N) is 1. The first-order valence-corrected chi connectivity index (χ1v) is 11.5. The number of hydrogen-bond donors (Lipinski definition) is 1. The number of rotatable bonds is 7. The zero-order valence-corrected chi connectivity index (χ0v) is 17.2. The second-order valence-corrected chi connectivity index (χ2v) is 9.49. The van der Waals surface area contributed by atoms with Crippen molar-refractivity contribution in [3.63, 3.8) is 0 Å². The van der Waals surface area contributed by atoms with Gasteiger partial charge in [0, 0.05) is 18.7 Å². The van der Waals surface area contributed by atoms with Gasteiger partial charge >= 0.3 is 0 Å². The molecule has 1 aliphatic heterocycles. The standard InChI is InChI=1S/C18H24N4O3S2/c1-3-4-5-8-17(23)22-11-6-7-14-12-15(9-10-16(14)22)27(24,25)21-18-20-19-13(2)26-18/h9-10,12H,3-8,11H2,1-2H3,(H,20,21). The third-order valence-electron chi connectivity index (χ3n) is 4.52. The minimum Gasteiger partial charge on any atom is -0.312 e. The SMILES string of the molecule is CCCCCC(=O)N1CCCc2cc(S(=O)(=O)Nc3nnc(C)s3)ccc21. The monoisotopic (exact) mass is 408 g/mol. The van der Waals surface area contributed by atoms with Crippen LogP contribution >= 0.6 is 11.3 Å². The van der Waals surface area contributed by atoms with Gasteiger partial charge in [-0.25, -0.2) is 8.42 Å². The highest BCUT2D eigenvalue weighted by Gasteiger charge is 2.25. The van der Waals surface area contributed by atoms with Crippen molar-refractivity contribution >= 4 is 38.1 Å². The molecule has 1 aliphatic rings. The summed E-state index contributed by atoms with van der Waals surface area (Å²) in [6.07, 6.45) is 5.13. The van der Waals surface area contributed by atoms with Crippen LogP contribution in [0.15, 0.2) is 23.1 Å². The number of sulfonamides is 1. The summed E-state index contributed by atoms with van der Waals surface area (Å²) in [7, 11) is -3.73. The molecule has 0 fully saturated rings. The van der Waals surface area contributed by atoms with E-state index >= 15 is 0 Å². The van der Waals surface area contributed by atoms with Crippen LogP contribution in [-0.4, -0.2) is 31.1 Å². The molecular formula is C18H24N4O3S2. The number of aromatic nitrogens is 2. The number of benzene rings is 1. The van der Waals surface area contributed by atoms with E-state index in [-0.39, 0.29) is 15.9 Å². The Balaban J connectivity index is 1.80. The van der Waals surface area contributed by atoms with E-state index in [4.69, 9.17) is 0 Å². The van der Waals surface area contributed by atoms with Crippen LogP contribution in [0.2, 0.25) is 0 Å². The molecule has 3 rings (SSSR count). The smallest absolute Gasteiger partial charge is 0.263 e. The molecule has 0 spiro atoms. The summed E-state index contributed by atoms with van der Waals surface area (Å²) < 4.78 is 27.7. The van der Waals surface area contributed by atoms with Crippen molar-refractivity contribution in [2.75, 3.05) is 16.2 Å². The van der Waals surface area contributed by atoms with Crippen molar-refractivity contribution in [2.45, 2.75) is 57.3 Å². The molecule has 27 heavy (non-hydrogen) atoms. The summed E-state index contributed by atoms with van der Waals surface area (Å²) in [6, 6.07) is 4.95. The maximum absolute atomic E-state index is 12.6. The molecular weight excluding hydrogens is 384 g/mol. The molecule has 7 nitrogen and oxygen atoms in total. The van der Waals surface area contributed by atoms with Gasteiger partial charge in [-0.1, -0.05) is 31.1 Å². The molecule has 1 aromatic heterocycles. The number of carbonyl (C=O) groups excluding carboxylic acids is 1. The van der Waals surface area contributed by atoms with E-state index in [2.05, 4.69) is 21.8 Å². The molecule has 1 N–H and O–H groups in total. The lowest BCUT2D eigenvalue weighted by Gasteiger charge is -2.30. The molecule has 0 aliphatic carbocycles. The highest BCUT2D eigenvalue weighted by atomic mass is 32.2. The maximum Gasteiger partial charge on any atom is 0.263 e. The third-order valence-corrected chi connectivity index (χ3v) is 6.74. The lowest BCUT2D eigenvalue weighted by molar-refractivity contribution is -0.118. The molecule has 146 valence electrons. The van der Waals surface area contributed by atoms with Crippen molar-refractivity contribution in [3.05, 3.63) is 28.8 Å². The van der Waals surface area contributed by atoms with Crippen LogP contribution in [0.25, 0.3) is 0 Å². The summed E-state index contributed by atoms with van der Waals surface area (Å²) in [5, 5.41) is 8.57. The predicted molar refractivity (Wildman–Crippen MR) is 107 cm³/mol. The molecule has 0 saturated carbocycles. The van der Waals surface area contributed by atoms with Crippen LogP contribution in [0.1, 0.15) is 49.6 Å². The average Bonchev–Trinajstić information content (AvgIpc) is 3.04. The first-order valence-electron chi connectivity index (χ1n) is 9.17. The van der Waals surface area contributed by atoms with Crippen molar-refractivity contribution < 1.29 is 13.2 Å².